The SMILES string of the molecule is Nc1cccc(Cl)c1-c1nncn1C1CC1. The highest BCUT2D eigenvalue weighted by Gasteiger charge is 2.27. The van der Waals surface area contributed by atoms with Crippen LogP contribution in [0.5, 0.6) is 0 Å². The van der Waals surface area contributed by atoms with E-state index in [0.29, 0.717) is 16.8 Å². The van der Waals surface area contributed by atoms with Crippen LogP contribution in [0.1, 0.15) is 18.9 Å². The molecule has 16 heavy (non-hydrogen) atoms. The largest absolute Gasteiger partial charge is 0.398 e. The molecule has 1 saturated carbocycles. The molecular weight excluding hydrogens is 224 g/mol. The Morgan fingerprint density at radius 1 is 1.38 bits per heavy atom. The number of halogens is 1. The van der Waals surface area contributed by atoms with E-state index in [4.69, 9.17) is 17.3 Å². The highest BCUT2D eigenvalue weighted by molar-refractivity contribution is 6.33. The Labute approximate surface area is 98.0 Å². The molecule has 1 heterocycles. The normalized spacial score (nSPS) is 15.3. The number of rotatable bonds is 2. The van der Waals surface area contributed by atoms with E-state index in [1.54, 1.807) is 6.33 Å². The fourth-order valence-electron chi connectivity index (χ4n) is 1.82. The second kappa shape index (κ2) is 3.49. The molecule has 5 heteroatoms. The quantitative estimate of drug-likeness (QED) is 0.813. The molecule has 82 valence electrons. The van der Waals surface area contributed by atoms with Gasteiger partial charge in [-0.25, -0.2) is 0 Å². The van der Waals surface area contributed by atoms with Crippen LogP contribution in [0.2, 0.25) is 5.02 Å². The number of benzene rings is 1. The molecule has 1 fully saturated rings. The predicted octanol–water partition coefficient (Wildman–Crippen LogP) is 2.52. The molecule has 4 nitrogen and oxygen atoms in total. The number of aromatic nitrogens is 3. The summed E-state index contributed by atoms with van der Waals surface area (Å²) in [5.74, 6) is 0.769. The maximum absolute atomic E-state index is 6.16. The van der Waals surface area contributed by atoms with Crippen molar-refractivity contribution >= 4 is 17.3 Å². The minimum absolute atomic E-state index is 0.515. The molecule has 1 aliphatic carbocycles. The fourth-order valence-corrected chi connectivity index (χ4v) is 2.08. The van der Waals surface area contributed by atoms with Crippen molar-refractivity contribution in [3.8, 4) is 11.4 Å². The number of nitrogens with two attached hydrogens (primary N) is 1. The second-order valence-corrected chi connectivity index (χ2v) is 4.40. The number of hydrogen-bond donors (Lipinski definition) is 1. The third kappa shape index (κ3) is 1.46. The van der Waals surface area contributed by atoms with Crippen LogP contribution in [0.15, 0.2) is 24.5 Å². The summed E-state index contributed by atoms with van der Waals surface area (Å²) in [5, 5.41) is 8.68. The van der Waals surface area contributed by atoms with Crippen LogP contribution in [0.4, 0.5) is 5.69 Å². The monoisotopic (exact) mass is 234 g/mol. The van der Waals surface area contributed by atoms with Crippen LogP contribution in [0, 0.1) is 0 Å². The van der Waals surface area contributed by atoms with E-state index in [2.05, 4.69) is 14.8 Å². The summed E-state index contributed by atoms with van der Waals surface area (Å²) < 4.78 is 2.05. The van der Waals surface area contributed by atoms with Crippen molar-refractivity contribution in [1.29, 1.82) is 0 Å². The minimum atomic E-state index is 0.515. The van der Waals surface area contributed by atoms with Gasteiger partial charge in [-0.15, -0.1) is 10.2 Å². The van der Waals surface area contributed by atoms with Gasteiger partial charge in [0.1, 0.15) is 6.33 Å². The molecule has 0 bridgehead atoms. The Hall–Kier alpha value is -1.55. The lowest BCUT2D eigenvalue weighted by Crippen LogP contribution is -1.99. The molecule has 0 atom stereocenters. The van der Waals surface area contributed by atoms with Gasteiger partial charge in [-0.3, -0.25) is 0 Å². The standard InChI is InChI=1S/C11H11ClN4/c12-8-2-1-3-9(13)10(8)11-15-14-6-16(11)7-4-5-7/h1-3,6-7H,4-5,13H2. The Kier molecular flexibility index (Phi) is 2.11. The molecule has 0 radical (unpaired) electrons. The van der Waals surface area contributed by atoms with Gasteiger partial charge in [-0.1, -0.05) is 17.7 Å². The van der Waals surface area contributed by atoms with Gasteiger partial charge in [0.2, 0.25) is 0 Å². The number of hydrogen-bond acceptors (Lipinski definition) is 3. The van der Waals surface area contributed by atoms with Crippen molar-refractivity contribution in [2.75, 3.05) is 5.73 Å². The average Bonchev–Trinajstić information content (AvgIpc) is 2.99. The lowest BCUT2D eigenvalue weighted by Gasteiger charge is -2.08. The van der Waals surface area contributed by atoms with Crippen molar-refractivity contribution in [1.82, 2.24) is 14.8 Å². The Morgan fingerprint density at radius 2 is 2.19 bits per heavy atom. The van der Waals surface area contributed by atoms with Crippen LogP contribution >= 0.6 is 11.6 Å². The zero-order valence-corrected chi connectivity index (χ0v) is 9.35. The van der Waals surface area contributed by atoms with Crippen molar-refractivity contribution in [2.24, 2.45) is 0 Å². The molecule has 1 aromatic carbocycles. The molecule has 0 saturated heterocycles. The van der Waals surface area contributed by atoms with Gasteiger partial charge in [0.05, 0.1) is 10.6 Å². The molecule has 1 aromatic heterocycles. The minimum Gasteiger partial charge on any atom is -0.398 e. The molecule has 0 unspecified atom stereocenters. The zero-order chi connectivity index (χ0) is 11.1. The van der Waals surface area contributed by atoms with E-state index in [1.807, 2.05) is 18.2 Å². The zero-order valence-electron chi connectivity index (χ0n) is 8.60. The summed E-state index contributed by atoms with van der Waals surface area (Å²) in [6.45, 7) is 0. The fraction of sp³-hybridized carbons (Fsp3) is 0.273. The first-order chi connectivity index (χ1) is 7.77. The van der Waals surface area contributed by atoms with Crippen molar-refractivity contribution in [3.05, 3.63) is 29.5 Å². The molecule has 0 amide bonds. The van der Waals surface area contributed by atoms with E-state index in [0.717, 1.165) is 11.4 Å². The van der Waals surface area contributed by atoms with Crippen LogP contribution in [0.3, 0.4) is 0 Å². The first-order valence-corrected chi connectivity index (χ1v) is 5.59. The highest BCUT2D eigenvalue weighted by Crippen LogP contribution is 2.40. The Morgan fingerprint density at radius 3 is 2.88 bits per heavy atom. The lowest BCUT2D eigenvalue weighted by molar-refractivity contribution is 0.746. The van der Waals surface area contributed by atoms with E-state index < -0.39 is 0 Å². The molecular formula is C11H11ClN4. The van der Waals surface area contributed by atoms with Gasteiger partial charge in [-0.05, 0) is 25.0 Å². The first kappa shape index (κ1) is 9.66. The van der Waals surface area contributed by atoms with E-state index in [9.17, 15) is 0 Å². The van der Waals surface area contributed by atoms with Crippen LogP contribution < -0.4 is 5.73 Å². The van der Waals surface area contributed by atoms with Crippen molar-refractivity contribution in [3.63, 3.8) is 0 Å². The maximum atomic E-state index is 6.16. The molecule has 3 rings (SSSR count). The Balaban J connectivity index is 2.17. The maximum Gasteiger partial charge on any atom is 0.167 e. The average molecular weight is 235 g/mol. The van der Waals surface area contributed by atoms with Gasteiger partial charge in [0.15, 0.2) is 5.82 Å². The second-order valence-electron chi connectivity index (χ2n) is 4.00. The lowest BCUT2D eigenvalue weighted by atomic mass is 10.1. The predicted molar refractivity (Wildman–Crippen MR) is 63.2 cm³/mol. The number of nitrogens with zero attached hydrogens (tertiary/aromatic N) is 3. The van der Waals surface area contributed by atoms with Gasteiger partial charge < -0.3 is 10.3 Å². The molecule has 2 aromatic rings. The highest BCUT2D eigenvalue weighted by atomic mass is 35.5. The molecule has 0 spiro atoms. The molecule has 2 N–H and O–H groups in total. The van der Waals surface area contributed by atoms with Gasteiger partial charge >= 0.3 is 0 Å². The summed E-state index contributed by atoms with van der Waals surface area (Å²) in [4.78, 5) is 0. The molecule has 1 aliphatic rings. The molecule has 0 aliphatic heterocycles. The third-order valence-corrected chi connectivity index (χ3v) is 3.10. The topological polar surface area (TPSA) is 56.7 Å². The van der Waals surface area contributed by atoms with E-state index in [1.165, 1.54) is 12.8 Å². The van der Waals surface area contributed by atoms with Crippen LogP contribution in [0.25, 0.3) is 11.4 Å². The van der Waals surface area contributed by atoms with Crippen LogP contribution in [-0.4, -0.2) is 14.8 Å². The van der Waals surface area contributed by atoms with Crippen LogP contribution in [-0.2, 0) is 0 Å². The summed E-state index contributed by atoms with van der Waals surface area (Å²) in [6, 6.07) is 5.99. The van der Waals surface area contributed by atoms with Gasteiger partial charge in [0, 0.05) is 11.7 Å². The van der Waals surface area contributed by atoms with E-state index >= 15 is 0 Å². The van der Waals surface area contributed by atoms with E-state index in [-0.39, 0.29) is 0 Å². The summed E-state index contributed by atoms with van der Waals surface area (Å²) in [6.07, 6.45) is 4.10. The smallest absolute Gasteiger partial charge is 0.167 e. The van der Waals surface area contributed by atoms with Gasteiger partial charge in [0.25, 0.3) is 0 Å². The number of anilines is 1. The van der Waals surface area contributed by atoms with Crippen molar-refractivity contribution in [2.45, 2.75) is 18.9 Å². The summed E-state index contributed by atoms with van der Waals surface area (Å²) in [7, 11) is 0. The summed E-state index contributed by atoms with van der Waals surface area (Å²) in [5.41, 5.74) is 7.36. The van der Waals surface area contributed by atoms with Crippen molar-refractivity contribution < 1.29 is 0 Å². The van der Waals surface area contributed by atoms with Gasteiger partial charge in [-0.2, -0.15) is 0 Å². The Bertz CT molecular complexity index is 510. The first-order valence-electron chi connectivity index (χ1n) is 5.21. The number of nitrogen functional groups attached to an aromatic ring is 1. The summed E-state index contributed by atoms with van der Waals surface area (Å²) >= 11 is 6.16. The third-order valence-electron chi connectivity index (χ3n) is 2.78.